The third kappa shape index (κ3) is 3.25. The van der Waals surface area contributed by atoms with E-state index in [2.05, 4.69) is 14.8 Å². The summed E-state index contributed by atoms with van der Waals surface area (Å²) < 4.78 is 4.48. The number of hydrogen-bond donors (Lipinski definition) is 0. The van der Waals surface area contributed by atoms with E-state index in [1.165, 1.54) is 0 Å². The smallest absolute Gasteiger partial charge is 0.348 e. The fourth-order valence-electron chi connectivity index (χ4n) is 0.420. The van der Waals surface area contributed by atoms with Crippen molar-refractivity contribution in [2.75, 3.05) is 6.61 Å². The molecule has 0 aromatic rings. The number of hydrogen-bond acceptors (Lipinski definition) is 4. The summed E-state index contributed by atoms with van der Waals surface area (Å²) in [6.07, 6.45) is 0.817. The molecule has 0 atom stereocenters. The molecule has 0 saturated heterocycles. The summed E-state index contributed by atoms with van der Waals surface area (Å²) in [7, 11) is 0. The van der Waals surface area contributed by atoms with Crippen molar-refractivity contribution in [1.82, 2.24) is 0 Å². The van der Waals surface area contributed by atoms with Gasteiger partial charge in [-0.3, -0.25) is 0 Å². The zero-order chi connectivity index (χ0) is 9.40. The zero-order valence-electron chi connectivity index (χ0n) is 6.39. The van der Waals surface area contributed by atoms with Gasteiger partial charge in [-0.15, -0.1) is 0 Å². The minimum absolute atomic E-state index is 0.175. The van der Waals surface area contributed by atoms with E-state index >= 15 is 0 Å². The number of nitrogens with zero attached hydrogens (tertiary/aromatic N) is 4. The summed E-state index contributed by atoms with van der Waals surface area (Å²) in [5, 5.41) is 11.3. The van der Waals surface area contributed by atoms with Gasteiger partial charge in [0.1, 0.15) is 11.6 Å². The lowest BCUT2D eigenvalue weighted by Gasteiger charge is -1.96. The van der Waals surface area contributed by atoms with Gasteiger partial charge in [-0.25, -0.2) is 4.79 Å². The maximum absolute atomic E-state index is 10.8. The van der Waals surface area contributed by atoms with Crippen molar-refractivity contribution in [3.05, 3.63) is 22.2 Å². The second-order valence-electron chi connectivity index (χ2n) is 1.58. The van der Waals surface area contributed by atoms with Gasteiger partial charge in [0, 0.05) is 11.1 Å². The Labute approximate surface area is 68.7 Å². The lowest BCUT2D eigenvalue weighted by Crippen LogP contribution is -2.05. The SMILES string of the molecule is CCOC(=O)/C(C#N)=C/N=[N+]=[N-]. The minimum atomic E-state index is -0.785. The highest BCUT2D eigenvalue weighted by atomic mass is 16.5. The third-order valence-electron chi connectivity index (χ3n) is 0.854. The molecular formula is C6H6N4O2. The average Bonchev–Trinajstić information content (AvgIpc) is 2.06. The van der Waals surface area contributed by atoms with Gasteiger partial charge in [-0.05, 0) is 12.5 Å². The Morgan fingerprint density at radius 3 is 3.00 bits per heavy atom. The first kappa shape index (κ1) is 10.0. The van der Waals surface area contributed by atoms with Crippen LogP contribution in [0.4, 0.5) is 0 Å². The first-order chi connectivity index (χ1) is 5.76. The van der Waals surface area contributed by atoms with Gasteiger partial charge in [-0.2, -0.15) is 5.26 Å². The van der Waals surface area contributed by atoms with Crippen LogP contribution in [0.5, 0.6) is 0 Å². The Balaban J connectivity index is 4.47. The Bertz CT molecular complexity index is 282. The van der Waals surface area contributed by atoms with Gasteiger partial charge in [-0.1, -0.05) is 5.11 Å². The van der Waals surface area contributed by atoms with E-state index in [0.717, 1.165) is 6.20 Å². The molecule has 0 unspecified atom stereocenters. The predicted molar refractivity (Wildman–Crippen MR) is 39.5 cm³/mol. The van der Waals surface area contributed by atoms with Crippen molar-refractivity contribution in [3.8, 4) is 6.07 Å². The molecule has 0 aliphatic heterocycles. The van der Waals surface area contributed by atoms with Crippen LogP contribution >= 0.6 is 0 Å². The van der Waals surface area contributed by atoms with E-state index in [1.54, 1.807) is 13.0 Å². The molecule has 6 heteroatoms. The monoisotopic (exact) mass is 166 g/mol. The molecule has 0 amide bonds. The van der Waals surface area contributed by atoms with Crippen LogP contribution in [0, 0.1) is 11.3 Å². The summed E-state index contributed by atoms with van der Waals surface area (Å²) in [5.74, 6) is -0.785. The maximum atomic E-state index is 10.8. The Morgan fingerprint density at radius 2 is 2.58 bits per heavy atom. The van der Waals surface area contributed by atoms with Crippen LogP contribution < -0.4 is 0 Å². The van der Waals surface area contributed by atoms with Crippen LogP contribution in [-0.4, -0.2) is 12.6 Å². The quantitative estimate of drug-likeness (QED) is 0.157. The number of rotatable bonds is 3. The highest BCUT2D eigenvalue weighted by Gasteiger charge is 2.07. The number of carbonyl (C=O) groups excluding carboxylic acids is 1. The van der Waals surface area contributed by atoms with E-state index in [1.807, 2.05) is 0 Å². The molecule has 0 aliphatic rings. The van der Waals surface area contributed by atoms with Gasteiger partial charge >= 0.3 is 5.97 Å². The van der Waals surface area contributed by atoms with Crippen LogP contribution in [0.15, 0.2) is 16.9 Å². The predicted octanol–water partition coefficient (Wildman–Crippen LogP) is 1.27. The Kier molecular flexibility index (Phi) is 4.81. The largest absolute Gasteiger partial charge is 0.462 e. The van der Waals surface area contributed by atoms with Crippen LogP contribution in [-0.2, 0) is 9.53 Å². The van der Waals surface area contributed by atoms with Crippen molar-refractivity contribution in [2.45, 2.75) is 6.92 Å². The van der Waals surface area contributed by atoms with Gasteiger partial charge in [0.25, 0.3) is 0 Å². The molecule has 62 valence electrons. The highest BCUT2D eigenvalue weighted by Crippen LogP contribution is 1.96. The lowest BCUT2D eigenvalue weighted by molar-refractivity contribution is -0.138. The molecule has 0 spiro atoms. The van der Waals surface area contributed by atoms with Crippen molar-refractivity contribution in [3.63, 3.8) is 0 Å². The van der Waals surface area contributed by atoms with E-state index < -0.39 is 5.97 Å². The van der Waals surface area contributed by atoms with E-state index in [9.17, 15) is 4.79 Å². The second-order valence-corrected chi connectivity index (χ2v) is 1.58. The summed E-state index contributed by atoms with van der Waals surface area (Å²) in [6, 6.07) is 1.54. The lowest BCUT2D eigenvalue weighted by atomic mass is 10.3. The Morgan fingerprint density at radius 1 is 1.92 bits per heavy atom. The van der Waals surface area contributed by atoms with E-state index in [4.69, 9.17) is 10.8 Å². The molecular weight excluding hydrogens is 160 g/mol. The number of carbonyl (C=O) groups is 1. The van der Waals surface area contributed by atoms with Gasteiger partial charge in [0.15, 0.2) is 0 Å². The molecule has 12 heavy (non-hydrogen) atoms. The average molecular weight is 166 g/mol. The molecule has 0 aromatic carbocycles. The molecule has 0 rings (SSSR count). The number of azide groups is 1. The second kappa shape index (κ2) is 5.77. The number of nitriles is 1. The fraction of sp³-hybridized carbons (Fsp3) is 0.333. The van der Waals surface area contributed by atoms with Crippen molar-refractivity contribution < 1.29 is 9.53 Å². The van der Waals surface area contributed by atoms with E-state index in [0.29, 0.717) is 0 Å². The highest BCUT2D eigenvalue weighted by molar-refractivity contribution is 5.92. The summed E-state index contributed by atoms with van der Waals surface area (Å²) >= 11 is 0. The van der Waals surface area contributed by atoms with Crippen LogP contribution in [0.1, 0.15) is 6.92 Å². The topological polar surface area (TPSA) is 98.9 Å². The van der Waals surface area contributed by atoms with Crippen molar-refractivity contribution >= 4 is 5.97 Å². The van der Waals surface area contributed by atoms with Crippen molar-refractivity contribution in [1.29, 1.82) is 5.26 Å². The normalized spacial score (nSPS) is 9.50. The fourth-order valence-corrected chi connectivity index (χ4v) is 0.420. The summed E-state index contributed by atoms with van der Waals surface area (Å²) in [4.78, 5) is 13.1. The number of ether oxygens (including phenoxy) is 1. The van der Waals surface area contributed by atoms with Crippen molar-refractivity contribution in [2.24, 2.45) is 5.11 Å². The zero-order valence-corrected chi connectivity index (χ0v) is 6.39. The molecule has 0 saturated carbocycles. The number of esters is 1. The third-order valence-corrected chi connectivity index (χ3v) is 0.854. The first-order valence-corrected chi connectivity index (χ1v) is 3.07. The molecule has 0 fully saturated rings. The van der Waals surface area contributed by atoms with Gasteiger partial charge in [0.2, 0.25) is 0 Å². The standard InChI is InChI=1S/C6H6N4O2/c1-2-12-6(11)5(3-7)4-9-10-8/h4H,2H2,1H3/b5-4+. The van der Waals surface area contributed by atoms with Crippen LogP contribution in [0.25, 0.3) is 10.4 Å². The van der Waals surface area contributed by atoms with Crippen LogP contribution in [0.3, 0.4) is 0 Å². The molecule has 0 N–H and O–H groups in total. The minimum Gasteiger partial charge on any atom is -0.462 e. The summed E-state index contributed by atoms with van der Waals surface area (Å²) in [5.41, 5.74) is 7.56. The molecule has 6 nitrogen and oxygen atoms in total. The Hall–Kier alpha value is -1.99. The molecule has 0 radical (unpaired) electrons. The first-order valence-electron chi connectivity index (χ1n) is 3.07. The van der Waals surface area contributed by atoms with Gasteiger partial charge in [0.05, 0.1) is 6.61 Å². The van der Waals surface area contributed by atoms with Crippen LogP contribution in [0.2, 0.25) is 0 Å². The summed E-state index contributed by atoms with van der Waals surface area (Å²) in [6.45, 7) is 1.79. The molecule has 0 aliphatic carbocycles. The molecule has 0 bridgehead atoms. The molecule has 0 aromatic heterocycles. The maximum Gasteiger partial charge on any atom is 0.348 e. The molecule has 0 heterocycles. The van der Waals surface area contributed by atoms with Gasteiger partial charge < -0.3 is 4.74 Å². The van der Waals surface area contributed by atoms with E-state index in [-0.39, 0.29) is 12.2 Å².